The Hall–Kier alpha value is -1.71. The van der Waals surface area contributed by atoms with E-state index in [9.17, 15) is 4.79 Å². The predicted molar refractivity (Wildman–Crippen MR) is 84.1 cm³/mol. The molecule has 2 rings (SSSR count). The predicted octanol–water partition coefficient (Wildman–Crippen LogP) is 2.79. The largest absolute Gasteiger partial charge is 0.397 e. The van der Waals surface area contributed by atoms with E-state index in [4.69, 9.17) is 5.73 Å². The number of rotatable bonds is 5. The molecule has 1 aromatic carbocycles. The zero-order chi connectivity index (χ0) is 14.5. The van der Waals surface area contributed by atoms with Gasteiger partial charge in [-0.2, -0.15) is 0 Å². The standard InChI is InChI=1S/C16H25N3O/c1-3-18-16(20)12-9-10-14(17)15(11-12)19(4-2)13-7-5-6-8-13/h9-11,13H,3-8,17H2,1-2H3,(H,18,20). The van der Waals surface area contributed by atoms with E-state index >= 15 is 0 Å². The molecule has 4 nitrogen and oxygen atoms in total. The summed E-state index contributed by atoms with van der Waals surface area (Å²) in [7, 11) is 0. The number of carbonyl (C=O) groups is 1. The molecule has 20 heavy (non-hydrogen) atoms. The maximum atomic E-state index is 12.0. The summed E-state index contributed by atoms with van der Waals surface area (Å²) in [6, 6.07) is 6.14. The van der Waals surface area contributed by atoms with Crippen LogP contribution in [0.2, 0.25) is 0 Å². The smallest absolute Gasteiger partial charge is 0.251 e. The summed E-state index contributed by atoms with van der Waals surface area (Å²) in [6.45, 7) is 5.63. The minimum atomic E-state index is -0.0313. The number of anilines is 2. The number of nitrogen functional groups attached to an aromatic ring is 1. The molecular weight excluding hydrogens is 250 g/mol. The van der Waals surface area contributed by atoms with Crippen LogP contribution in [0.1, 0.15) is 49.9 Å². The molecule has 3 N–H and O–H groups in total. The first-order chi connectivity index (χ1) is 9.67. The number of carbonyl (C=O) groups excluding carboxylic acids is 1. The Labute approximate surface area is 121 Å². The van der Waals surface area contributed by atoms with Crippen molar-refractivity contribution in [1.29, 1.82) is 0 Å². The molecule has 1 amide bonds. The van der Waals surface area contributed by atoms with E-state index in [1.165, 1.54) is 25.7 Å². The Morgan fingerprint density at radius 2 is 2.05 bits per heavy atom. The van der Waals surface area contributed by atoms with Crippen molar-refractivity contribution in [3.63, 3.8) is 0 Å². The van der Waals surface area contributed by atoms with Crippen molar-refractivity contribution in [2.45, 2.75) is 45.6 Å². The van der Waals surface area contributed by atoms with Gasteiger partial charge in [-0.1, -0.05) is 12.8 Å². The Morgan fingerprint density at radius 3 is 2.65 bits per heavy atom. The monoisotopic (exact) mass is 275 g/mol. The molecule has 110 valence electrons. The van der Waals surface area contributed by atoms with E-state index in [0.29, 0.717) is 18.2 Å². The van der Waals surface area contributed by atoms with Crippen molar-refractivity contribution >= 4 is 17.3 Å². The molecule has 4 heteroatoms. The van der Waals surface area contributed by atoms with Gasteiger partial charge in [0, 0.05) is 24.7 Å². The van der Waals surface area contributed by atoms with Gasteiger partial charge in [0.25, 0.3) is 5.91 Å². The van der Waals surface area contributed by atoms with Crippen LogP contribution in [0.15, 0.2) is 18.2 Å². The van der Waals surface area contributed by atoms with Crippen LogP contribution in [0.5, 0.6) is 0 Å². The second-order valence-electron chi connectivity index (χ2n) is 5.36. The lowest BCUT2D eigenvalue weighted by molar-refractivity contribution is 0.0956. The van der Waals surface area contributed by atoms with Crippen molar-refractivity contribution in [2.24, 2.45) is 0 Å². The van der Waals surface area contributed by atoms with E-state index in [2.05, 4.69) is 17.1 Å². The summed E-state index contributed by atoms with van der Waals surface area (Å²) in [6.07, 6.45) is 5.02. The van der Waals surface area contributed by atoms with Crippen LogP contribution >= 0.6 is 0 Å². The van der Waals surface area contributed by atoms with Crippen LogP contribution < -0.4 is 16.0 Å². The second kappa shape index (κ2) is 6.64. The lowest BCUT2D eigenvalue weighted by Crippen LogP contribution is -2.34. The first-order valence-electron chi connectivity index (χ1n) is 7.61. The SMILES string of the molecule is CCNC(=O)c1ccc(N)c(N(CC)C2CCCC2)c1. The molecule has 0 aromatic heterocycles. The highest BCUT2D eigenvalue weighted by atomic mass is 16.1. The van der Waals surface area contributed by atoms with Gasteiger partial charge in [0.2, 0.25) is 0 Å². The van der Waals surface area contributed by atoms with E-state index in [-0.39, 0.29) is 5.91 Å². The van der Waals surface area contributed by atoms with Gasteiger partial charge in [0.15, 0.2) is 0 Å². The quantitative estimate of drug-likeness (QED) is 0.812. The molecule has 0 atom stereocenters. The summed E-state index contributed by atoms with van der Waals surface area (Å²) in [4.78, 5) is 14.3. The van der Waals surface area contributed by atoms with E-state index < -0.39 is 0 Å². The molecule has 0 unspecified atom stereocenters. The number of hydrogen-bond donors (Lipinski definition) is 2. The summed E-state index contributed by atoms with van der Waals surface area (Å²) < 4.78 is 0. The average molecular weight is 275 g/mol. The fourth-order valence-corrected chi connectivity index (χ4v) is 3.04. The third kappa shape index (κ3) is 3.06. The van der Waals surface area contributed by atoms with E-state index in [0.717, 1.165) is 17.9 Å². The van der Waals surface area contributed by atoms with Gasteiger partial charge in [-0.05, 0) is 44.9 Å². The fraction of sp³-hybridized carbons (Fsp3) is 0.562. The van der Waals surface area contributed by atoms with E-state index in [1.807, 2.05) is 19.1 Å². The number of hydrogen-bond acceptors (Lipinski definition) is 3. The van der Waals surface area contributed by atoms with Gasteiger partial charge >= 0.3 is 0 Å². The Kier molecular flexibility index (Phi) is 4.88. The number of nitrogens with two attached hydrogens (primary N) is 1. The van der Waals surface area contributed by atoms with Gasteiger partial charge in [0.05, 0.1) is 11.4 Å². The number of benzene rings is 1. The molecule has 1 saturated carbocycles. The first kappa shape index (κ1) is 14.7. The van der Waals surface area contributed by atoms with Gasteiger partial charge in [-0.15, -0.1) is 0 Å². The fourth-order valence-electron chi connectivity index (χ4n) is 3.04. The normalized spacial score (nSPS) is 15.3. The molecule has 1 aromatic rings. The highest BCUT2D eigenvalue weighted by molar-refractivity contribution is 5.96. The first-order valence-corrected chi connectivity index (χ1v) is 7.61. The van der Waals surface area contributed by atoms with Crippen LogP contribution in [0.4, 0.5) is 11.4 Å². The summed E-state index contributed by atoms with van der Waals surface area (Å²) in [5.41, 5.74) is 8.58. The van der Waals surface area contributed by atoms with Gasteiger partial charge < -0.3 is 16.0 Å². The molecule has 0 bridgehead atoms. The van der Waals surface area contributed by atoms with Gasteiger partial charge in [0.1, 0.15) is 0 Å². The summed E-state index contributed by atoms with van der Waals surface area (Å²) in [5.74, 6) is -0.0313. The molecule has 0 aliphatic heterocycles. The topological polar surface area (TPSA) is 58.4 Å². The van der Waals surface area contributed by atoms with Crippen molar-refractivity contribution in [3.8, 4) is 0 Å². The Bertz CT molecular complexity index is 467. The molecule has 1 aliphatic rings. The zero-order valence-electron chi connectivity index (χ0n) is 12.5. The lowest BCUT2D eigenvalue weighted by atomic mass is 10.1. The van der Waals surface area contributed by atoms with Crippen molar-refractivity contribution in [3.05, 3.63) is 23.8 Å². The highest BCUT2D eigenvalue weighted by Crippen LogP contribution is 2.32. The van der Waals surface area contributed by atoms with Gasteiger partial charge in [-0.3, -0.25) is 4.79 Å². The van der Waals surface area contributed by atoms with Crippen LogP contribution in [0.3, 0.4) is 0 Å². The minimum absolute atomic E-state index is 0.0313. The second-order valence-corrected chi connectivity index (χ2v) is 5.36. The summed E-state index contributed by atoms with van der Waals surface area (Å²) >= 11 is 0. The van der Waals surface area contributed by atoms with Crippen molar-refractivity contribution < 1.29 is 4.79 Å². The third-order valence-corrected chi connectivity index (χ3v) is 4.05. The maximum Gasteiger partial charge on any atom is 0.251 e. The van der Waals surface area contributed by atoms with E-state index in [1.54, 1.807) is 6.07 Å². The summed E-state index contributed by atoms with van der Waals surface area (Å²) in [5, 5.41) is 2.84. The van der Waals surface area contributed by atoms with Crippen LogP contribution in [-0.4, -0.2) is 25.0 Å². The zero-order valence-corrected chi connectivity index (χ0v) is 12.5. The van der Waals surface area contributed by atoms with Crippen molar-refractivity contribution in [2.75, 3.05) is 23.7 Å². The Morgan fingerprint density at radius 1 is 1.35 bits per heavy atom. The molecule has 1 fully saturated rings. The Balaban J connectivity index is 2.28. The van der Waals surface area contributed by atoms with Gasteiger partial charge in [-0.25, -0.2) is 0 Å². The minimum Gasteiger partial charge on any atom is -0.397 e. The number of nitrogens with one attached hydrogen (secondary N) is 1. The molecule has 0 saturated heterocycles. The van der Waals surface area contributed by atoms with Crippen LogP contribution in [-0.2, 0) is 0 Å². The van der Waals surface area contributed by atoms with Crippen LogP contribution in [0.25, 0.3) is 0 Å². The lowest BCUT2D eigenvalue weighted by Gasteiger charge is -2.31. The average Bonchev–Trinajstić information content (AvgIpc) is 2.96. The molecular formula is C16H25N3O. The molecule has 0 spiro atoms. The molecule has 0 radical (unpaired) electrons. The van der Waals surface area contributed by atoms with Crippen LogP contribution in [0, 0.1) is 0 Å². The third-order valence-electron chi connectivity index (χ3n) is 4.05. The molecule has 1 aliphatic carbocycles. The van der Waals surface area contributed by atoms with Crippen molar-refractivity contribution in [1.82, 2.24) is 5.32 Å². The maximum absolute atomic E-state index is 12.0. The number of amides is 1. The number of nitrogens with zero attached hydrogens (tertiary/aromatic N) is 1. The highest BCUT2D eigenvalue weighted by Gasteiger charge is 2.23. The molecule has 0 heterocycles.